The molecule has 0 saturated heterocycles. The second-order valence-electron chi connectivity index (χ2n) is 5.29. The van der Waals surface area contributed by atoms with E-state index in [4.69, 9.17) is 0 Å². The topological polar surface area (TPSA) is 17.1 Å². The van der Waals surface area contributed by atoms with Crippen LogP contribution in [0, 0.1) is 0 Å². The molecule has 0 bridgehead atoms. The highest BCUT2D eigenvalue weighted by Crippen LogP contribution is 2.14. The number of thioether (sulfide) groups is 1. The van der Waals surface area contributed by atoms with Gasteiger partial charge in [-0.1, -0.05) is 64.3 Å². The number of rotatable bonds is 9. The Morgan fingerprint density at radius 3 is 2.37 bits per heavy atom. The summed E-state index contributed by atoms with van der Waals surface area (Å²) >= 11 is 1.71. The van der Waals surface area contributed by atoms with Crippen molar-refractivity contribution in [1.82, 2.24) is 0 Å². The Balaban J connectivity index is 2.40. The van der Waals surface area contributed by atoms with Crippen LogP contribution >= 0.6 is 11.8 Å². The van der Waals surface area contributed by atoms with Gasteiger partial charge in [0.15, 0.2) is 5.78 Å². The molecule has 1 aromatic carbocycles. The third-order valence-corrected chi connectivity index (χ3v) is 4.24. The molecule has 0 N–H and O–H groups in total. The summed E-state index contributed by atoms with van der Waals surface area (Å²) in [5.41, 5.74) is 2.20. The highest BCUT2D eigenvalue weighted by molar-refractivity contribution is 8.00. The molecule has 19 heavy (non-hydrogen) atoms. The Bertz CT molecular complexity index is 367. The highest BCUT2D eigenvalue weighted by Gasteiger charge is 2.07. The molecule has 0 fully saturated rings. The lowest BCUT2D eigenvalue weighted by Gasteiger charge is -2.05. The Hall–Kier alpha value is -0.760. The molecule has 1 nitrogen and oxygen atoms in total. The molecule has 106 valence electrons. The van der Waals surface area contributed by atoms with Crippen molar-refractivity contribution < 1.29 is 4.79 Å². The van der Waals surface area contributed by atoms with E-state index in [0.29, 0.717) is 11.0 Å². The minimum atomic E-state index is 0.247. The fourth-order valence-corrected chi connectivity index (χ4v) is 2.59. The van der Waals surface area contributed by atoms with E-state index in [1.807, 2.05) is 12.1 Å². The van der Waals surface area contributed by atoms with E-state index >= 15 is 0 Å². The van der Waals surface area contributed by atoms with Gasteiger partial charge >= 0.3 is 0 Å². The number of unbranched alkanes of at least 4 members (excludes halogenated alkanes) is 3. The predicted molar refractivity (Wildman–Crippen MR) is 86.2 cm³/mol. The molecule has 0 heterocycles. The minimum Gasteiger partial charge on any atom is -0.293 e. The Morgan fingerprint density at radius 1 is 1.11 bits per heavy atom. The molecule has 0 spiro atoms. The molecule has 0 atom stereocenters. The number of carbonyl (C=O) groups excluding carboxylic acids is 1. The van der Waals surface area contributed by atoms with Crippen molar-refractivity contribution in [2.45, 2.75) is 58.1 Å². The van der Waals surface area contributed by atoms with E-state index in [1.54, 1.807) is 11.8 Å². The first-order valence-electron chi connectivity index (χ1n) is 7.37. The summed E-state index contributed by atoms with van der Waals surface area (Å²) < 4.78 is 0. The van der Waals surface area contributed by atoms with Crippen LogP contribution in [0.4, 0.5) is 0 Å². The van der Waals surface area contributed by atoms with Gasteiger partial charge in [0.25, 0.3) is 0 Å². The fraction of sp³-hybridized carbons (Fsp3) is 0.588. The van der Waals surface area contributed by atoms with Crippen molar-refractivity contribution in [3.63, 3.8) is 0 Å². The number of hydrogen-bond acceptors (Lipinski definition) is 2. The molecule has 1 rings (SSSR count). The summed E-state index contributed by atoms with van der Waals surface area (Å²) in [6.45, 7) is 6.48. The van der Waals surface area contributed by atoms with Crippen molar-refractivity contribution in [2.75, 3.05) is 5.75 Å². The molecule has 0 aliphatic heterocycles. The molecule has 0 aliphatic rings. The first kappa shape index (κ1) is 16.3. The van der Waals surface area contributed by atoms with E-state index in [2.05, 4.69) is 32.9 Å². The summed E-state index contributed by atoms with van der Waals surface area (Å²) in [7, 11) is 0. The SMILES string of the molecule is CCCCCCc1ccc(C(=O)CSC(C)C)cc1. The van der Waals surface area contributed by atoms with E-state index < -0.39 is 0 Å². The monoisotopic (exact) mass is 278 g/mol. The normalized spacial score (nSPS) is 10.9. The van der Waals surface area contributed by atoms with Crippen LogP contribution in [0.1, 0.15) is 62.4 Å². The third kappa shape index (κ3) is 6.81. The van der Waals surface area contributed by atoms with Gasteiger partial charge in [-0.25, -0.2) is 0 Å². The lowest BCUT2D eigenvalue weighted by Crippen LogP contribution is -2.05. The zero-order chi connectivity index (χ0) is 14.1. The van der Waals surface area contributed by atoms with E-state index in [1.165, 1.54) is 31.2 Å². The zero-order valence-electron chi connectivity index (χ0n) is 12.4. The molecule has 0 unspecified atom stereocenters. The number of benzene rings is 1. The maximum atomic E-state index is 11.9. The van der Waals surface area contributed by atoms with Crippen molar-refractivity contribution in [3.05, 3.63) is 35.4 Å². The first-order valence-corrected chi connectivity index (χ1v) is 8.42. The van der Waals surface area contributed by atoms with Gasteiger partial charge in [0.05, 0.1) is 5.75 Å². The second kappa shape index (κ2) is 9.19. The van der Waals surface area contributed by atoms with Gasteiger partial charge in [0, 0.05) is 5.56 Å². The van der Waals surface area contributed by atoms with Crippen molar-refractivity contribution in [1.29, 1.82) is 0 Å². The van der Waals surface area contributed by atoms with Crippen molar-refractivity contribution in [3.8, 4) is 0 Å². The number of Topliss-reactive ketones (excluding diaryl/α,β-unsaturated/α-hetero) is 1. The second-order valence-corrected chi connectivity index (χ2v) is 6.86. The van der Waals surface area contributed by atoms with E-state index in [-0.39, 0.29) is 5.78 Å². The highest BCUT2D eigenvalue weighted by atomic mass is 32.2. The Morgan fingerprint density at radius 2 is 1.79 bits per heavy atom. The van der Waals surface area contributed by atoms with Crippen LogP contribution in [-0.4, -0.2) is 16.8 Å². The summed E-state index contributed by atoms with van der Waals surface area (Å²) in [4.78, 5) is 11.9. The summed E-state index contributed by atoms with van der Waals surface area (Å²) in [6, 6.07) is 8.19. The quantitative estimate of drug-likeness (QED) is 0.460. The molecule has 0 aliphatic carbocycles. The van der Waals surface area contributed by atoms with Crippen LogP contribution < -0.4 is 0 Å². The molecule has 2 heteroatoms. The fourth-order valence-electron chi connectivity index (χ4n) is 1.94. The maximum absolute atomic E-state index is 11.9. The van der Waals surface area contributed by atoms with Gasteiger partial charge in [-0.15, -0.1) is 0 Å². The number of aryl methyl sites for hydroxylation is 1. The zero-order valence-corrected chi connectivity index (χ0v) is 13.3. The maximum Gasteiger partial charge on any atom is 0.172 e. The van der Waals surface area contributed by atoms with Gasteiger partial charge in [-0.3, -0.25) is 4.79 Å². The summed E-state index contributed by atoms with van der Waals surface area (Å²) in [5, 5.41) is 0.516. The van der Waals surface area contributed by atoms with Crippen LogP contribution in [0.2, 0.25) is 0 Å². The third-order valence-electron chi connectivity index (χ3n) is 3.14. The number of ketones is 1. The van der Waals surface area contributed by atoms with Gasteiger partial charge in [0.2, 0.25) is 0 Å². The molecular weight excluding hydrogens is 252 g/mol. The van der Waals surface area contributed by atoms with E-state index in [9.17, 15) is 4.79 Å². The smallest absolute Gasteiger partial charge is 0.172 e. The van der Waals surface area contributed by atoms with Crippen LogP contribution in [0.25, 0.3) is 0 Å². The van der Waals surface area contributed by atoms with Crippen LogP contribution in [0.15, 0.2) is 24.3 Å². The Labute approximate surface area is 122 Å². The van der Waals surface area contributed by atoms with Crippen LogP contribution in [0.3, 0.4) is 0 Å². The average Bonchev–Trinajstić information content (AvgIpc) is 2.41. The summed E-state index contributed by atoms with van der Waals surface area (Å²) in [6.07, 6.45) is 6.30. The molecule has 0 aromatic heterocycles. The molecule has 0 amide bonds. The molecule has 1 aromatic rings. The summed E-state index contributed by atoms with van der Waals surface area (Å²) in [5.74, 6) is 0.837. The standard InChI is InChI=1S/C17H26OS/c1-4-5-6-7-8-15-9-11-16(12-10-15)17(18)13-19-14(2)3/h9-12,14H,4-8,13H2,1-3H3. The predicted octanol–water partition coefficient (Wildman–Crippen LogP) is 5.13. The minimum absolute atomic E-state index is 0.247. The lowest BCUT2D eigenvalue weighted by atomic mass is 10.0. The number of hydrogen-bond donors (Lipinski definition) is 0. The van der Waals surface area contributed by atoms with Crippen molar-refractivity contribution >= 4 is 17.5 Å². The molecule has 0 saturated carbocycles. The van der Waals surface area contributed by atoms with Gasteiger partial charge in [0.1, 0.15) is 0 Å². The average molecular weight is 278 g/mol. The van der Waals surface area contributed by atoms with Crippen molar-refractivity contribution in [2.24, 2.45) is 0 Å². The molecular formula is C17H26OS. The lowest BCUT2D eigenvalue weighted by molar-refractivity contribution is 0.102. The molecule has 0 radical (unpaired) electrons. The largest absolute Gasteiger partial charge is 0.293 e. The Kier molecular flexibility index (Phi) is 7.88. The van der Waals surface area contributed by atoms with E-state index in [0.717, 1.165) is 12.0 Å². The number of carbonyl (C=O) groups is 1. The van der Waals surface area contributed by atoms with Gasteiger partial charge in [-0.05, 0) is 23.7 Å². The van der Waals surface area contributed by atoms with Gasteiger partial charge < -0.3 is 0 Å². The van der Waals surface area contributed by atoms with Crippen LogP contribution in [-0.2, 0) is 6.42 Å². The first-order chi connectivity index (χ1) is 9.13. The van der Waals surface area contributed by atoms with Gasteiger partial charge in [-0.2, -0.15) is 11.8 Å². The van der Waals surface area contributed by atoms with Crippen LogP contribution in [0.5, 0.6) is 0 Å².